The molecule has 0 atom stereocenters. The van der Waals surface area contributed by atoms with Gasteiger partial charge < -0.3 is 9.72 Å². The number of ether oxygens (including phenoxy) is 1. The van der Waals surface area contributed by atoms with Gasteiger partial charge in [0.25, 0.3) is 0 Å². The summed E-state index contributed by atoms with van der Waals surface area (Å²) in [5, 5.41) is 1.33. The van der Waals surface area contributed by atoms with Crippen molar-refractivity contribution in [2.75, 3.05) is 18.0 Å². The fourth-order valence-corrected chi connectivity index (χ4v) is 4.79. The molecule has 1 fully saturated rings. The zero-order valence-corrected chi connectivity index (χ0v) is 17.7. The number of H-pyrrole nitrogens is 1. The number of aromatic amines is 1. The first-order valence-electron chi connectivity index (χ1n) is 11.0. The lowest BCUT2D eigenvalue weighted by molar-refractivity contribution is 0.131. The first-order chi connectivity index (χ1) is 14.6. The van der Waals surface area contributed by atoms with E-state index in [0.717, 1.165) is 43.7 Å². The number of hydrogen-bond acceptors (Lipinski definition) is 3. The highest BCUT2D eigenvalue weighted by Crippen LogP contribution is 2.32. The maximum atomic E-state index is 12.5. The van der Waals surface area contributed by atoms with Gasteiger partial charge >= 0.3 is 6.09 Å². The topological polar surface area (TPSA) is 48.6 Å². The summed E-state index contributed by atoms with van der Waals surface area (Å²) in [5.74, 6) is 0.494. The molecule has 0 spiro atoms. The van der Waals surface area contributed by atoms with Crippen LogP contribution in [0.4, 0.5) is 10.5 Å². The van der Waals surface area contributed by atoms with Gasteiger partial charge in [0.15, 0.2) is 0 Å². The average Bonchev–Trinajstić information content (AvgIpc) is 3.20. The summed E-state index contributed by atoms with van der Waals surface area (Å²) in [4.78, 5) is 20.5. The van der Waals surface area contributed by atoms with E-state index >= 15 is 0 Å². The molecule has 5 rings (SSSR count). The molecule has 3 aromatic rings. The molecular formula is C25H29N3O2. The Hall–Kier alpha value is -2.79. The Kier molecular flexibility index (Phi) is 4.99. The van der Waals surface area contributed by atoms with Crippen LogP contribution in [0.1, 0.15) is 49.4 Å². The van der Waals surface area contributed by atoms with Crippen LogP contribution in [0.5, 0.6) is 0 Å². The SMILES string of the molecule is CC(C)c1cc2c(CN3CCC(N4C(=O)OCc5ccccc54)CC3)cccc2[nH]1. The van der Waals surface area contributed by atoms with Gasteiger partial charge in [-0.3, -0.25) is 9.80 Å². The van der Waals surface area contributed by atoms with Gasteiger partial charge in [0.1, 0.15) is 6.61 Å². The van der Waals surface area contributed by atoms with Crippen molar-refractivity contribution in [3.63, 3.8) is 0 Å². The van der Waals surface area contributed by atoms with Gasteiger partial charge in [-0.2, -0.15) is 0 Å². The molecule has 3 heterocycles. The summed E-state index contributed by atoms with van der Waals surface area (Å²) in [5.41, 5.74) is 6.00. The summed E-state index contributed by atoms with van der Waals surface area (Å²) in [6.07, 6.45) is 1.72. The minimum Gasteiger partial charge on any atom is -0.444 e. The fourth-order valence-electron chi connectivity index (χ4n) is 4.79. The highest BCUT2D eigenvalue weighted by molar-refractivity contribution is 5.91. The molecule has 1 aromatic heterocycles. The number of nitrogens with zero attached hydrogens (tertiary/aromatic N) is 2. The van der Waals surface area contributed by atoms with Crippen molar-refractivity contribution >= 4 is 22.7 Å². The zero-order valence-electron chi connectivity index (χ0n) is 17.7. The Bertz CT molecular complexity index is 1060. The summed E-state index contributed by atoms with van der Waals surface area (Å²) < 4.78 is 5.43. The van der Waals surface area contributed by atoms with Gasteiger partial charge in [-0.25, -0.2) is 4.79 Å². The van der Waals surface area contributed by atoms with E-state index in [2.05, 4.69) is 48.0 Å². The normalized spacial score (nSPS) is 18.1. The molecule has 1 amide bonds. The fraction of sp³-hybridized carbons (Fsp3) is 0.400. The van der Waals surface area contributed by atoms with Crippen LogP contribution < -0.4 is 4.90 Å². The van der Waals surface area contributed by atoms with Crippen LogP contribution in [0, 0.1) is 0 Å². The molecule has 2 aromatic carbocycles. The maximum absolute atomic E-state index is 12.5. The summed E-state index contributed by atoms with van der Waals surface area (Å²) in [6.45, 7) is 7.73. The molecular weight excluding hydrogens is 374 g/mol. The van der Waals surface area contributed by atoms with Gasteiger partial charge in [-0.15, -0.1) is 0 Å². The van der Waals surface area contributed by atoms with Crippen LogP contribution in [0.3, 0.4) is 0 Å². The lowest BCUT2D eigenvalue weighted by Gasteiger charge is -2.40. The largest absolute Gasteiger partial charge is 0.444 e. The van der Waals surface area contributed by atoms with Crippen molar-refractivity contribution in [3.05, 3.63) is 65.4 Å². The first kappa shape index (κ1) is 19.2. The lowest BCUT2D eigenvalue weighted by atomic mass is 10.00. The molecule has 2 aliphatic rings. The van der Waals surface area contributed by atoms with Crippen molar-refractivity contribution in [2.45, 2.75) is 51.8 Å². The van der Waals surface area contributed by atoms with Crippen LogP contribution in [0.15, 0.2) is 48.5 Å². The number of nitrogens with one attached hydrogen (secondary N) is 1. The van der Waals surface area contributed by atoms with Gasteiger partial charge in [-0.1, -0.05) is 44.2 Å². The average molecular weight is 404 g/mol. The number of hydrogen-bond donors (Lipinski definition) is 1. The van der Waals surface area contributed by atoms with E-state index in [0.29, 0.717) is 12.5 Å². The number of para-hydroxylation sites is 1. The highest BCUT2D eigenvalue weighted by Gasteiger charge is 2.34. The molecule has 1 N–H and O–H groups in total. The van der Waals surface area contributed by atoms with E-state index in [-0.39, 0.29) is 12.1 Å². The van der Waals surface area contributed by atoms with Crippen molar-refractivity contribution in [2.24, 2.45) is 0 Å². The summed E-state index contributed by atoms with van der Waals surface area (Å²) in [7, 11) is 0. The molecule has 5 heteroatoms. The second-order valence-corrected chi connectivity index (χ2v) is 8.82. The van der Waals surface area contributed by atoms with E-state index < -0.39 is 0 Å². The van der Waals surface area contributed by atoms with Gasteiger partial charge in [0.2, 0.25) is 0 Å². The molecule has 0 radical (unpaired) electrons. The number of cyclic esters (lactones) is 1. The Morgan fingerprint density at radius 3 is 2.70 bits per heavy atom. The van der Waals surface area contributed by atoms with E-state index in [4.69, 9.17) is 4.74 Å². The highest BCUT2D eigenvalue weighted by atomic mass is 16.6. The third-order valence-corrected chi connectivity index (χ3v) is 6.51. The van der Waals surface area contributed by atoms with Crippen LogP contribution in [-0.4, -0.2) is 35.1 Å². The second kappa shape index (κ2) is 7.80. The van der Waals surface area contributed by atoms with Gasteiger partial charge in [-0.05, 0) is 42.5 Å². The molecule has 0 unspecified atom stereocenters. The molecule has 0 bridgehead atoms. The van der Waals surface area contributed by atoms with E-state index in [9.17, 15) is 4.79 Å². The standard InChI is InChI=1S/C25H29N3O2/c1-17(2)23-14-21-18(7-5-8-22(21)26-23)15-27-12-10-20(11-13-27)28-24-9-4-3-6-19(24)16-30-25(28)29/h3-9,14,17,20,26H,10-13,15-16H2,1-2H3. The number of fused-ring (bicyclic) bond motifs is 2. The summed E-state index contributed by atoms with van der Waals surface area (Å²) in [6, 6.07) is 17.2. The number of benzene rings is 2. The zero-order chi connectivity index (χ0) is 20.7. The van der Waals surface area contributed by atoms with Crippen molar-refractivity contribution in [3.8, 4) is 0 Å². The number of carbonyl (C=O) groups is 1. The minimum absolute atomic E-state index is 0.200. The lowest BCUT2D eigenvalue weighted by Crippen LogP contribution is -2.49. The molecule has 0 aliphatic carbocycles. The Morgan fingerprint density at radius 2 is 1.90 bits per heavy atom. The van der Waals surface area contributed by atoms with E-state index in [1.807, 2.05) is 29.2 Å². The Morgan fingerprint density at radius 1 is 1.10 bits per heavy atom. The van der Waals surface area contributed by atoms with Crippen molar-refractivity contribution in [1.82, 2.24) is 9.88 Å². The van der Waals surface area contributed by atoms with Crippen molar-refractivity contribution < 1.29 is 9.53 Å². The summed E-state index contributed by atoms with van der Waals surface area (Å²) >= 11 is 0. The Balaban J connectivity index is 1.29. The minimum atomic E-state index is -0.203. The smallest absolute Gasteiger partial charge is 0.414 e. The third-order valence-electron chi connectivity index (χ3n) is 6.51. The number of carbonyl (C=O) groups excluding carboxylic acids is 1. The number of anilines is 1. The second-order valence-electron chi connectivity index (χ2n) is 8.82. The number of piperidine rings is 1. The van der Waals surface area contributed by atoms with Crippen molar-refractivity contribution in [1.29, 1.82) is 0 Å². The molecule has 30 heavy (non-hydrogen) atoms. The van der Waals surface area contributed by atoms with Crippen LogP contribution in [0.25, 0.3) is 10.9 Å². The van der Waals surface area contributed by atoms with Crippen LogP contribution >= 0.6 is 0 Å². The van der Waals surface area contributed by atoms with Gasteiger partial charge in [0.05, 0.1) is 5.69 Å². The molecule has 156 valence electrons. The predicted octanol–water partition coefficient (Wildman–Crippen LogP) is 5.41. The van der Waals surface area contributed by atoms with E-state index in [1.54, 1.807) is 0 Å². The number of aromatic nitrogens is 1. The first-order valence-corrected chi connectivity index (χ1v) is 11.0. The number of likely N-dealkylation sites (tertiary alicyclic amines) is 1. The van der Waals surface area contributed by atoms with Gasteiger partial charge in [0, 0.05) is 47.8 Å². The quantitative estimate of drug-likeness (QED) is 0.633. The van der Waals surface area contributed by atoms with Crippen LogP contribution in [0.2, 0.25) is 0 Å². The van der Waals surface area contributed by atoms with E-state index in [1.165, 1.54) is 22.2 Å². The third kappa shape index (κ3) is 3.47. The Labute approximate surface area is 177 Å². The number of rotatable bonds is 4. The van der Waals surface area contributed by atoms with Crippen LogP contribution in [-0.2, 0) is 17.9 Å². The monoisotopic (exact) mass is 403 g/mol. The molecule has 1 saturated heterocycles. The predicted molar refractivity (Wildman–Crippen MR) is 120 cm³/mol. The maximum Gasteiger partial charge on any atom is 0.414 e. The number of amides is 1. The molecule has 2 aliphatic heterocycles. The molecule has 0 saturated carbocycles. The molecule has 5 nitrogen and oxygen atoms in total.